The maximum Gasteiger partial charge on any atom is 0.469 e. The Labute approximate surface area is 189 Å². The van der Waals surface area contributed by atoms with Crippen molar-refractivity contribution in [1.29, 1.82) is 0 Å². The molecule has 186 valence electrons. The van der Waals surface area contributed by atoms with Crippen molar-refractivity contribution in [2.24, 2.45) is 10.8 Å². The zero-order valence-electron chi connectivity index (χ0n) is 20.2. The topological polar surface area (TPSA) is 113 Å². The van der Waals surface area contributed by atoms with Gasteiger partial charge in [0, 0.05) is 13.2 Å². The van der Waals surface area contributed by atoms with Gasteiger partial charge in [0.2, 0.25) is 0 Å². The van der Waals surface area contributed by atoms with E-state index in [0.717, 1.165) is 64.4 Å². The summed E-state index contributed by atoms with van der Waals surface area (Å²) in [5.41, 5.74) is -0.297. The lowest BCUT2D eigenvalue weighted by Crippen LogP contribution is -2.29. The number of carbonyl (C=O) groups is 1. The number of hydrogen-bond acceptors (Lipinski definition) is 4. The first-order valence-electron chi connectivity index (χ1n) is 12.1. The molecule has 0 aliphatic carbocycles. The summed E-state index contributed by atoms with van der Waals surface area (Å²) >= 11 is 0. The van der Waals surface area contributed by atoms with Crippen molar-refractivity contribution in [2.45, 2.75) is 111 Å². The highest BCUT2D eigenvalue weighted by atomic mass is 31.2. The molecule has 0 saturated heterocycles. The molecule has 0 heterocycles. The van der Waals surface area contributed by atoms with Gasteiger partial charge in [-0.15, -0.1) is 0 Å². The molecular formula is C23H47O7P. The number of carboxylic acid groups (broad SMARTS) is 1. The van der Waals surface area contributed by atoms with E-state index >= 15 is 0 Å². The maximum atomic E-state index is 11.5. The van der Waals surface area contributed by atoms with E-state index < -0.39 is 19.2 Å². The van der Waals surface area contributed by atoms with Gasteiger partial charge in [0.1, 0.15) is 0 Å². The smallest absolute Gasteiger partial charge is 0.469 e. The fourth-order valence-corrected chi connectivity index (χ4v) is 4.72. The van der Waals surface area contributed by atoms with E-state index in [0.29, 0.717) is 32.3 Å². The second-order valence-corrected chi connectivity index (χ2v) is 10.0. The highest BCUT2D eigenvalue weighted by Crippen LogP contribution is 2.39. The standard InChI is InChI=1S/C23H47O7P/c1-5-22(6-2,16-10-14-20-30-31(26,27)28)15-9-12-18-29-19-13-11-17-23(7-3,8-4)21(24)25/h5-20H2,1-4H3,(H,24,25)(H2,26,27,28). The van der Waals surface area contributed by atoms with Gasteiger partial charge in [0.25, 0.3) is 0 Å². The first kappa shape index (κ1) is 30.5. The lowest BCUT2D eigenvalue weighted by atomic mass is 9.74. The van der Waals surface area contributed by atoms with E-state index in [2.05, 4.69) is 18.4 Å². The van der Waals surface area contributed by atoms with Crippen molar-refractivity contribution in [3.63, 3.8) is 0 Å². The Bertz CT molecular complexity index is 510. The third-order valence-corrected chi connectivity index (χ3v) is 7.63. The number of carboxylic acids is 1. The number of rotatable bonds is 21. The van der Waals surface area contributed by atoms with Crippen molar-refractivity contribution >= 4 is 13.8 Å². The summed E-state index contributed by atoms with van der Waals surface area (Å²) < 4.78 is 21.0. The van der Waals surface area contributed by atoms with Crippen LogP contribution in [0.25, 0.3) is 0 Å². The van der Waals surface area contributed by atoms with E-state index in [-0.39, 0.29) is 12.0 Å². The van der Waals surface area contributed by atoms with Crippen molar-refractivity contribution in [2.75, 3.05) is 19.8 Å². The van der Waals surface area contributed by atoms with E-state index in [1.807, 2.05) is 13.8 Å². The summed E-state index contributed by atoms with van der Waals surface area (Å²) in [6, 6.07) is 0. The molecule has 0 spiro atoms. The molecule has 0 rings (SSSR count). The number of aliphatic carboxylic acids is 1. The molecule has 0 aromatic carbocycles. The van der Waals surface area contributed by atoms with Crippen LogP contribution in [-0.2, 0) is 18.6 Å². The van der Waals surface area contributed by atoms with Gasteiger partial charge in [-0.05, 0) is 56.8 Å². The molecule has 3 N–H and O–H groups in total. The van der Waals surface area contributed by atoms with E-state index in [1.165, 1.54) is 0 Å². The summed E-state index contributed by atoms with van der Waals surface area (Å²) in [7, 11) is -4.35. The van der Waals surface area contributed by atoms with Crippen LogP contribution in [0.15, 0.2) is 0 Å². The predicted molar refractivity (Wildman–Crippen MR) is 124 cm³/mol. The summed E-state index contributed by atoms with van der Waals surface area (Å²) in [5, 5.41) is 9.47. The Kier molecular flexibility index (Phi) is 16.0. The molecule has 0 radical (unpaired) electrons. The number of ether oxygens (including phenoxy) is 1. The normalized spacial score (nSPS) is 13.0. The summed E-state index contributed by atoms with van der Waals surface area (Å²) in [6.45, 7) is 9.88. The molecule has 0 atom stereocenters. The van der Waals surface area contributed by atoms with Crippen LogP contribution in [-0.4, -0.2) is 40.7 Å². The molecule has 0 unspecified atom stereocenters. The van der Waals surface area contributed by atoms with Crippen LogP contribution in [0.5, 0.6) is 0 Å². The quantitative estimate of drug-likeness (QED) is 0.134. The number of phosphoric acid groups is 1. The van der Waals surface area contributed by atoms with Gasteiger partial charge >= 0.3 is 13.8 Å². The zero-order valence-corrected chi connectivity index (χ0v) is 21.1. The summed E-state index contributed by atoms with van der Waals surface area (Å²) in [4.78, 5) is 29.0. The van der Waals surface area contributed by atoms with Crippen LogP contribution in [0.2, 0.25) is 0 Å². The summed E-state index contributed by atoms with van der Waals surface area (Å²) in [5.74, 6) is -0.678. The molecule has 0 aromatic rings. The van der Waals surface area contributed by atoms with Crippen molar-refractivity contribution in [3.8, 4) is 0 Å². The van der Waals surface area contributed by atoms with E-state index in [1.54, 1.807) is 0 Å². The molecule has 0 aromatic heterocycles. The first-order valence-corrected chi connectivity index (χ1v) is 13.6. The first-order chi connectivity index (χ1) is 14.6. The summed E-state index contributed by atoms with van der Waals surface area (Å²) in [6.07, 6.45) is 11.9. The average molecular weight is 467 g/mol. The lowest BCUT2D eigenvalue weighted by molar-refractivity contribution is -0.150. The molecule has 7 nitrogen and oxygen atoms in total. The van der Waals surface area contributed by atoms with Crippen molar-refractivity contribution in [3.05, 3.63) is 0 Å². The molecule has 0 saturated carbocycles. The number of phosphoric ester groups is 1. The highest BCUT2D eigenvalue weighted by molar-refractivity contribution is 7.46. The second kappa shape index (κ2) is 16.2. The second-order valence-electron chi connectivity index (χ2n) is 8.81. The average Bonchev–Trinajstić information content (AvgIpc) is 2.73. The monoisotopic (exact) mass is 466 g/mol. The molecule has 8 heteroatoms. The molecule has 0 aliphatic heterocycles. The Morgan fingerprint density at radius 3 is 1.58 bits per heavy atom. The minimum absolute atomic E-state index is 0.103. The molecule has 0 aliphatic rings. The minimum atomic E-state index is -4.35. The van der Waals surface area contributed by atoms with Gasteiger partial charge in [-0.25, -0.2) is 4.57 Å². The third-order valence-electron chi connectivity index (χ3n) is 7.11. The van der Waals surface area contributed by atoms with E-state index in [4.69, 9.17) is 14.5 Å². The third kappa shape index (κ3) is 13.0. The Balaban J connectivity index is 3.98. The molecular weight excluding hydrogens is 419 g/mol. The SMILES string of the molecule is CCC(CC)(CCCCOCCCCC(CC)(CC)C(=O)O)CCCCOP(=O)(O)O. The Morgan fingerprint density at radius 1 is 0.742 bits per heavy atom. The fraction of sp³-hybridized carbons (Fsp3) is 0.957. The van der Waals surface area contributed by atoms with Gasteiger partial charge < -0.3 is 19.6 Å². The predicted octanol–water partition coefficient (Wildman–Crippen LogP) is 6.32. The van der Waals surface area contributed by atoms with Crippen LogP contribution < -0.4 is 0 Å². The van der Waals surface area contributed by atoms with Crippen LogP contribution in [0.4, 0.5) is 0 Å². The van der Waals surface area contributed by atoms with Crippen LogP contribution in [0.3, 0.4) is 0 Å². The molecule has 31 heavy (non-hydrogen) atoms. The minimum Gasteiger partial charge on any atom is -0.481 e. The fourth-order valence-electron chi connectivity index (χ4n) is 4.35. The van der Waals surface area contributed by atoms with Crippen molar-refractivity contribution in [1.82, 2.24) is 0 Å². The molecule has 0 amide bonds. The van der Waals surface area contributed by atoms with Crippen LogP contribution >= 0.6 is 7.82 Å². The highest BCUT2D eigenvalue weighted by Gasteiger charge is 2.33. The van der Waals surface area contributed by atoms with E-state index in [9.17, 15) is 14.5 Å². The van der Waals surface area contributed by atoms with Gasteiger partial charge in [0.05, 0.1) is 12.0 Å². The van der Waals surface area contributed by atoms with Gasteiger partial charge in [0.15, 0.2) is 0 Å². The van der Waals surface area contributed by atoms with Gasteiger partial charge in [-0.1, -0.05) is 59.8 Å². The van der Waals surface area contributed by atoms with Gasteiger partial charge in [-0.3, -0.25) is 9.32 Å². The van der Waals surface area contributed by atoms with Crippen LogP contribution in [0, 0.1) is 10.8 Å². The lowest BCUT2D eigenvalue weighted by Gasteiger charge is -2.32. The molecule has 0 fully saturated rings. The van der Waals surface area contributed by atoms with Crippen molar-refractivity contribution < 1.29 is 33.5 Å². The largest absolute Gasteiger partial charge is 0.481 e. The molecule has 0 bridgehead atoms. The maximum absolute atomic E-state index is 11.5. The van der Waals surface area contributed by atoms with Crippen LogP contribution in [0.1, 0.15) is 111 Å². The zero-order chi connectivity index (χ0) is 23.8. The number of unbranched alkanes of at least 4 members (excludes halogenated alkanes) is 3. The Morgan fingerprint density at radius 2 is 1.19 bits per heavy atom. The Hall–Kier alpha value is -0.460. The van der Waals surface area contributed by atoms with Gasteiger partial charge in [-0.2, -0.15) is 0 Å². The number of hydrogen-bond donors (Lipinski definition) is 3.